The molecule has 0 aliphatic carbocycles. The molecule has 1 heterocycles. The molecule has 3 aromatic carbocycles. The molecule has 5 nitrogen and oxygen atoms in total. The molecule has 0 radical (unpaired) electrons. The molecule has 154 valence electrons. The van der Waals surface area contributed by atoms with Crippen LogP contribution in [0.4, 0.5) is 0 Å². The first-order valence-corrected chi connectivity index (χ1v) is 11.2. The van der Waals surface area contributed by atoms with E-state index >= 15 is 0 Å². The summed E-state index contributed by atoms with van der Waals surface area (Å²) in [5.41, 5.74) is 2.33. The van der Waals surface area contributed by atoms with Crippen LogP contribution in [0.2, 0.25) is 0 Å². The highest BCUT2D eigenvalue weighted by Gasteiger charge is 2.50. The number of hydrogen-bond acceptors (Lipinski definition) is 4. The molecule has 1 fully saturated rings. The summed E-state index contributed by atoms with van der Waals surface area (Å²) in [5.74, 6) is 0.437. The summed E-state index contributed by atoms with van der Waals surface area (Å²) in [6.45, 7) is 1.91. The zero-order chi connectivity index (χ0) is 21.3. The molecule has 3 aromatic rings. The van der Waals surface area contributed by atoms with Gasteiger partial charge in [0.15, 0.2) is 5.78 Å². The fourth-order valence-corrected chi connectivity index (χ4v) is 5.58. The molecule has 0 bridgehead atoms. The predicted molar refractivity (Wildman–Crippen MR) is 115 cm³/mol. The lowest BCUT2D eigenvalue weighted by atomic mass is 9.86. The first-order chi connectivity index (χ1) is 14.4. The van der Waals surface area contributed by atoms with Gasteiger partial charge >= 0.3 is 0 Å². The first-order valence-electron chi connectivity index (χ1n) is 9.75. The molecule has 30 heavy (non-hydrogen) atoms. The van der Waals surface area contributed by atoms with Crippen molar-refractivity contribution >= 4 is 15.8 Å². The average Bonchev–Trinajstić information content (AvgIpc) is 2.74. The number of carbonyl (C=O) groups excluding carboxylic acids is 1. The molecule has 0 saturated carbocycles. The van der Waals surface area contributed by atoms with E-state index in [1.807, 2.05) is 37.3 Å². The SMILES string of the molecule is COc1ccc(C(=O)[C@@H]2C[C@H](c3ccccc3)N2S(=O)(=O)c2ccc(C)cc2)cc1. The van der Waals surface area contributed by atoms with Crippen LogP contribution in [-0.2, 0) is 10.0 Å². The van der Waals surface area contributed by atoms with Crippen molar-refractivity contribution in [2.24, 2.45) is 0 Å². The number of nitrogens with zero attached hydrogens (tertiary/aromatic N) is 1. The number of Topliss-reactive ketones (excluding diaryl/α,β-unsaturated/α-hetero) is 1. The van der Waals surface area contributed by atoms with Gasteiger partial charge in [-0.2, -0.15) is 4.31 Å². The number of hydrogen-bond donors (Lipinski definition) is 0. The summed E-state index contributed by atoms with van der Waals surface area (Å²) >= 11 is 0. The molecule has 1 aliphatic heterocycles. The summed E-state index contributed by atoms with van der Waals surface area (Å²) in [6.07, 6.45) is 0.444. The van der Waals surface area contributed by atoms with Crippen molar-refractivity contribution < 1.29 is 17.9 Å². The van der Waals surface area contributed by atoms with Crippen molar-refractivity contribution in [1.82, 2.24) is 4.31 Å². The minimum atomic E-state index is -3.84. The van der Waals surface area contributed by atoms with Gasteiger partial charge in [0.25, 0.3) is 0 Å². The topological polar surface area (TPSA) is 63.7 Å². The second kappa shape index (κ2) is 8.05. The molecule has 0 N–H and O–H groups in total. The highest BCUT2D eigenvalue weighted by molar-refractivity contribution is 7.89. The van der Waals surface area contributed by atoms with Crippen LogP contribution in [0.15, 0.2) is 83.8 Å². The van der Waals surface area contributed by atoms with E-state index in [-0.39, 0.29) is 16.7 Å². The minimum Gasteiger partial charge on any atom is -0.497 e. The Morgan fingerprint density at radius 1 is 0.933 bits per heavy atom. The normalized spacial score (nSPS) is 19.1. The number of rotatable bonds is 6. The van der Waals surface area contributed by atoms with Crippen LogP contribution in [0.1, 0.15) is 33.9 Å². The van der Waals surface area contributed by atoms with E-state index in [2.05, 4.69) is 0 Å². The van der Waals surface area contributed by atoms with Crippen LogP contribution in [0.25, 0.3) is 0 Å². The van der Waals surface area contributed by atoms with Crippen LogP contribution >= 0.6 is 0 Å². The number of benzene rings is 3. The fourth-order valence-electron chi connectivity index (χ4n) is 3.79. The second-order valence-corrected chi connectivity index (χ2v) is 9.26. The van der Waals surface area contributed by atoms with Crippen molar-refractivity contribution in [3.8, 4) is 5.75 Å². The van der Waals surface area contributed by atoms with E-state index in [0.29, 0.717) is 17.7 Å². The molecule has 0 spiro atoms. The van der Waals surface area contributed by atoms with Gasteiger partial charge in [0.1, 0.15) is 5.75 Å². The van der Waals surface area contributed by atoms with Gasteiger partial charge in [-0.15, -0.1) is 0 Å². The molecule has 0 aromatic heterocycles. The van der Waals surface area contributed by atoms with E-state index in [1.165, 1.54) is 4.31 Å². The standard InChI is InChI=1S/C24H23NO4S/c1-17-8-14-21(15-9-17)30(27,28)25-22(18-6-4-3-5-7-18)16-23(25)24(26)19-10-12-20(29-2)13-11-19/h3-15,22-23H,16H2,1-2H3/t22-,23+/m1/s1. The second-order valence-electron chi connectivity index (χ2n) is 7.42. The van der Waals surface area contributed by atoms with Crippen molar-refractivity contribution in [2.45, 2.75) is 30.3 Å². The van der Waals surface area contributed by atoms with Gasteiger partial charge in [0.05, 0.1) is 24.1 Å². The smallest absolute Gasteiger partial charge is 0.244 e. The molecular formula is C24H23NO4S. The predicted octanol–water partition coefficient (Wildman–Crippen LogP) is 4.39. The Kier molecular flexibility index (Phi) is 5.45. The molecule has 0 unspecified atom stereocenters. The fraction of sp³-hybridized carbons (Fsp3) is 0.208. The van der Waals surface area contributed by atoms with Crippen LogP contribution < -0.4 is 4.74 Å². The third kappa shape index (κ3) is 3.64. The molecule has 6 heteroatoms. The molecule has 4 rings (SSSR count). The van der Waals surface area contributed by atoms with Crippen molar-refractivity contribution in [2.75, 3.05) is 7.11 Å². The van der Waals surface area contributed by atoms with Gasteiger partial charge in [0.2, 0.25) is 10.0 Å². The lowest BCUT2D eigenvalue weighted by molar-refractivity contribution is 0.0638. The Morgan fingerprint density at radius 3 is 2.17 bits per heavy atom. The maximum atomic E-state index is 13.5. The van der Waals surface area contributed by atoms with E-state index < -0.39 is 16.1 Å². The van der Waals surface area contributed by atoms with Crippen LogP contribution in [0, 0.1) is 6.92 Å². The minimum absolute atomic E-state index is 0.196. The maximum absolute atomic E-state index is 13.5. The molecular weight excluding hydrogens is 398 g/mol. The average molecular weight is 422 g/mol. The number of ether oxygens (including phenoxy) is 1. The first kappa shape index (κ1) is 20.3. The highest BCUT2D eigenvalue weighted by atomic mass is 32.2. The summed E-state index contributed by atoms with van der Waals surface area (Å²) in [5, 5.41) is 0. The van der Waals surface area contributed by atoms with E-state index in [9.17, 15) is 13.2 Å². The van der Waals surface area contributed by atoms with Gasteiger partial charge in [-0.05, 0) is 55.3 Å². The van der Waals surface area contributed by atoms with Crippen LogP contribution in [0.3, 0.4) is 0 Å². The van der Waals surface area contributed by atoms with Gasteiger partial charge < -0.3 is 4.74 Å². The third-order valence-corrected chi connectivity index (χ3v) is 7.45. The van der Waals surface area contributed by atoms with E-state index in [4.69, 9.17) is 4.74 Å². The Hall–Kier alpha value is -2.96. The lowest BCUT2D eigenvalue weighted by Crippen LogP contribution is -2.56. The zero-order valence-corrected chi connectivity index (χ0v) is 17.7. The Bertz CT molecular complexity index is 1140. The Morgan fingerprint density at radius 2 is 1.57 bits per heavy atom. The van der Waals surface area contributed by atoms with E-state index in [0.717, 1.165) is 11.1 Å². The summed E-state index contributed by atoms with van der Waals surface area (Å²) in [4.78, 5) is 13.4. The maximum Gasteiger partial charge on any atom is 0.244 e. The lowest BCUT2D eigenvalue weighted by Gasteiger charge is -2.46. The van der Waals surface area contributed by atoms with Gasteiger partial charge in [-0.1, -0.05) is 48.0 Å². The molecule has 0 amide bonds. The molecule has 2 atom stereocenters. The number of ketones is 1. The summed E-state index contributed by atoms with van der Waals surface area (Å²) in [6, 6.07) is 21.8. The zero-order valence-electron chi connectivity index (χ0n) is 16.9. The summed E-state index contributed by atoms with van der Waals surface area (Å²) < 4.78 is 33.5. The van der Waals surface area contributed by atoms with Crippen molar-refractivity contribution in [3.63, 3.8) is 0 Å². The van der Waals surface area contributed by atoms with E-state index in [1.54, 1.807) is 55.6 Å². The quantitative estimate of drug-likeness (QED) is 0.554. The Balaban J connectivity index is 1.71. The molecule has 1 aliphatic rings. The summed E-state index contributed by atoms with van der Waals surface area (Å²) in [7, 11) is -2.28. The van der Waals surface area contributed by atoms with Crippen LogP contribution in [-0.4, -0.2) is 31.7 Å². The highest BCUT2D eigenvalue weighted by Crippen LogP contribution is 2.44. The van der Waals surface area contributed by atoms with Crippen LogP contribution in [0.5, 0.6) is 5.75 Å². The number of aryl methyl sites for hydroxylation is 1. The number of methoxy groups -OCH3 is 1. The third-order valence-electron chi connectivity index (χ3n) is 5.52. The number of carbonyl (C=O) groups is 1. The largest absolute Gasteiger partial charge is 0.497 e. The monoisotopic (exact) mass is 421 g/mol. The van der Waals surface area contributed by atoms with Crippen molar-refractivity contribution in [3.05, 3.63) is 95.6 Å². The Labute approximate surface area is 177 Å². The number of sulfonamides is 1. The molecule has 1 saturated heterocycles. The van der Waals surface area contributed by atoms with Crippen molar-refractivity contribution in [1.29, 1.82) is 0 Å². The van der Waals surface area contributed by atoms with Gasteiger partial charge in [-0.25, -0.2) is 8.42 Å². The van der Waals surface area contributed by atoms with Gasteiger partial charge in [-0.3, -0.25) is 4.79 Å². The van der Waals surface area contributed by atoms with Gasteiger partial charge in [0, 0.05) is 5.56 Å².